The van der Waals surface area contributed by atoms with Crippen LogP contribution in [0.15, 0.2) is 47.4 Å². The van der Waals surface area contributed by atoms with Crippen molar-refractivity contribution in [3.8, 4) is 11.5 Å². The predicted molar refractivity (Wildman–Crippen MR) is 101 cm³/mol. The molecule has 0 saturated heterocycles. The van der Waals surface area contributed by atoms with Gasteiger partial charge >= 0.3 is 0 Å². The van der Waals surface area contributed by atoms with Crippen molar-refractivity contribution in [3.05, 3.63) is 53.6 Å². The topological polar surface area (TPSA) is 84.9 Å². The van der Waals surface area contributed by atoms with E-state index in [4.69, 9.17) is 9.47 Å². The van der Waals surface area contributed by atoms with Crippen molar-refractivity contribution in [3.63, 3.8) is 0 Å². The molecule has 3 rings (SSSR count). The molecular formula is C19H22N2O5S. The molecule has 1 heterocycles. The third-order valence-electron chi connectivity index (χ3n) is 4.41. The van der Waals surface area contributed by atoms with Gasteiger partial charge < -0.3 is 14.4 Å². The largest absolute Gasteiger partial charge is 0.486 e. The van der Waals surface area contributed by atoms with E-state index >= 15 is 0 Å². The minimum atomic E-state index is -3.62. The fraction of sp³-hybridized carbons (Fsp3) is 0.316. The Morgan fingerprint density at radius 3 is 2.63 bits per heavy atom. The Labute approximate surface area is 158 Å². The number of amides is 1. The summed E-state index contributed by atoms with van der Waals surface area (Å²) in [7, 11) is -0.631. The Kier molecular flexibility index (Phi) is 5.38. The summed E-state index contributed by atoms with van der Waals surface area (Å²) in [4.78, 5) is 14.4. The zero-order chi connectivity index (χ0) is 19.6. The van der Waals surface area contributed by atoms with Crippen LogP contribution >= 0.6 is 0 Å². The van der Waals surface area contributed by atoms with Crippen LogP contribution in [0.2, 0.25) is 0 Å². The number of rotatable bonds is 5. The summed E-state index contributed by atoms with van der Waals surface area (Å²) in [6, 6.07) is 11.9. The van der Waals surface area contributed by atoms with Crippen LogP contribution in [0.25, 0.3) is 0 Å². The molecule has 144 valence electrons. The maximum Gasteiger partial charge on any atom is 0.254 e. The van der Waals surface area contributed by atoms with E-state index in [1.54, 1.807) is 20.0 Å². The number of likely N-dealkylation sites (N-methyl/N-ethyl adjacent to an activating group) is 1. The van der Waals surface area contributed by atoms with Crippen LogP contribution in [0.4, 0.5) is 0 Å². The van der Waals surface area contributed by atoms with Gasteiger partial charge in [-0.3, -0.25) is 4.79 Å². The Bertz CT molecular complexity index is 958. The number of hydrogen-bond donors (Lipinski definition) is 1. The molecule has 0 aromatic heterocycles. The summed E-state index contributed by atoms with van der Waals surface area (Å²) >= 11 is 0. The molecule has 0 aliphatic carbocycles. The van der Waals surface area contributed by atoms with Gasteiger partial charge in [0.1, 0.15) is 6.61 Å². The average molecular weight is 390 g/mol. The second kappa shape index (κ2) is 7.58. The lowest BCUT2D eigenvalue weighted by atomic mass is 10.1. The van der Waals surface area contributed by atoms with Gasteiger partial charge in [-0.2, -0.15) is 0 Å². The summed E-state index contributed by atoms with van der Waals surface area (Å²) in [5.74, 6) is 1.06. The van der Waals surface area contributed by atoms with Crippen molar-refractivity contribution in [1.29, 1.82) is 0 Å². The summed E-state index contributed by atoms with van der Waals surface area (Å²) in [6.45, 7) is 2.42. The Balaban J connectivity index is 1.75. The monoisotopic (exact) mass is 390 g/mol. The summed E-state index contributed by atoms with van der Waals surface area (Å²) in [6.07, 6.45) is -0.307. The third-order valence-corrected chi connectivity index (χ3v) is 5.82. The van der Waals surface area contributed by atoms with E-state index in [0.29, 0.717) is 35.8 Å². The van der Waals surface area contributed by atoms with E-state index in [-0.39, 0.29) is 16.9 Å². The quantitative estimate of drug-likeness (QED) is 0.842. The summed E-state index contributed by atoms with van der Waals surface area (Å²) in [5, 5.41) is 0. The van der Waals surface area contributed by atoms with Gasteiger partial charge in [-0.1, -0.05) is 18.2 Å². The van der Waals surface area contributed by atoms with Crippen molar-refractivity contribution in [1.82, 2.24) is 9.62 Å². The second-order valence-corrected chi connectivity index (χ2v) is 8.25. The Morgan fingerprint density at radius 2 is 1.93 bits per heavy atom. The van der Waals surface area contributed by atoms with Crippen LogP contribution in [-0.2, 0) is 10.0 Å². The minimum absolute atomic E-state index is 0.0542. The highest BCUT2D eigenvalue weighted by molar-refractivity contribution is 7.89. The zero-order valence-corrected chi connectivity index (χ0v) is 16.2. The van der Waals surface area contributed by atoms with E-state index in [9.17, 15) is 13.2 Å². The van der Waals surface area contributed by atoms with E-state index < -0.39 is 10.0 Å². The van der Waals surface area contributed by atoms with E-state index in [1.165, 1.54) is 24.1 Å². The number of benzene rings is 2. The number of fused-ring (bicyclic) bond motifs is 1. The lowest BCUT2D eigenvalue weighted by Crippen LogP contribution is -2.42. The molecule has 0 unspecified atom stereocenters. The molecule has 2 aromatic rings. The molecule has 0 spiro atoms. The first kappa shape index (κ1) is 19.2. The molecule has 0 fully saturated rings. The standard InChI is InChI=1S/C19H22N2O5S/c1-13-8-9-15(27(23,24)20-2)10-16(13)19(22)21(3)11-14-12-25-17-6-4-5-7-18(17)26-14/h4-10,14,20H,11-12H2,1-3H3/t14-/m1/s1. The number of aryl methyl sites for hydroxylation is 1. The fourth-order valence-corrected chi connectivity index (χ4v) is 3.62. The van der Waals surface area contributed by atoms with E-state index in [2.05, 4.69) is 4.72 Å². The first-order chi connectivity index (χ1) is 12.8. The zero-order valence-electron chi connectivity index (χ0n) is 15.4. The van der Waals surface area contributed by atoms with Crippen molar-refractivity contribution in [2.75, 3.05) is 27.2 Å². The molecule has 0 saturated carbocycles. The lowest BCUT2D eigenvalue weighted by Gasteiger charge is -2.29. The molecule has 7 nitrogen and oxygen atoms in total. The highest BCUT2D eigenvalue weighted by Gasteiger charge is 2.25. The van der Waals surface area contributed by atoms with Gasteiger partial charge in [0.25, 0.3) is 5.91 Å². The average Bonchev–Trinajstić information content (AvgIpc) is 2.67. The SMILES string of the molecule is CNS(=O)(=O)c1ccc(C)c(C(=O)N(C)C[C@@H]2COc3ccccc3O2)c1. The highest BCUT2D eigenvalue weighted by Crippen LogP contribution is 2.31. The van der Waals surface area contributed by atoms with Gasteiger partial charge in [0.15, 0.2) is 17.6 Å². The molecule has 0 bridgehead atoms. The van der Waals surface area contributed by atoms with Crippen LogP contribution in [0.5, 0.6) is 11.5 Å². The van der Waals surface area contributed by atoms with Gasteiger partial charge in [-0.25, -0.2) is 13.1 Å². The Morgan fingerprint density at radius 1 is 1.22 bits per heavy atom. The number of sulfonamides is 1. The van der Waals surface area contributed by atoms with Crippen LogP contribution in [0.3, 0.4) is 0 Å². The molecule has 0 radical (unpaired) electrons. The fourth-order valence-electron chi connectivity index (χ4n) is 2.86. The van der Waals surface area contributed by atoms with Crippen molar-refractivity contribution in [2.45, 2.75) is 17.9 Å². The van der Waals surface area contributed by atoms with Crippen LogP contribution < -0.4 is 14.2 Å². The Hall–Kier alpha value is -2.58. The van der Waals surface area contributed by atoms with Gasteiger partial charge in [-0.15, -0.1) is 0 Å². The van der Waals surface area contributed by atoms with Crippen molar-refractivity contribution >= 4 is 15.9 Å². The number of carbonyl (C=O) groups excluding carboxylic acids is 1. The number of carbonyl (C=O) groups is 1. The van der Waals surface area contributed by atoms with Gasteiger partial charge in [0, 0.05) is 12.6 Å². The number of nitrogens with one attached hydrogen (secondary N) is 1. The second-order valence-electron chi connectivity index (χ2n) is 6.37. The van der Waals surface area contributed by atoms with Crippen LogP contribution in [-0.4, -0.2) is 52.6 Å². The summed E-state index contributed by atoms with van der Waals surface area (Å²) in [5.41, 5.74) is 1.04. The molecule has 1 aliphatic heterocycles. The molecule has 1 atom stereocenters. The molecule has 1 amide bonds. The van der Waals surface area contributed by atoms with Gasteiger partial charge in [-0.05, 0) is 43.8 Å². The number of nitrogens with zero attached hydrogens (tertiary/aromatic N) is 1. The third kappa shape index (κ3) is 4.06. The normalized spacial score (nSPS) is 16.0. The molecule has 1 aliphatic rings. The smallest absolute Gasteiger partial charge is 0.254 e. The predicted octanol–water partition coefficient (Wildman–Crippen LogP) is 1.82. The molecule has 8 heteroatoms. The van der Waals surface area contributed by atoms with Gasteiger partial charge in [0.05, 0.1) is 11.4 Å². The first-order valence-electron chi connectivity index (χ1n) is 8.50. The minimum Gasteiger partial charge on any atom is -0.486 e. The van der Waals surface area contributed by atoms with Crippen LogP contribution in [0, 0.1) is 6.92 Å². The number of hydrogen-bond acceptors (Lipinski definition) is 5. The van der Waals surface area contributed by atoms with Crippen molar-refractivity contribution < 1.29 is 22.7 Å². The molecular weight excluding hydrogens is 368 g/mol. The maximum absolute atomic E-state index is 12.9. The molecule has 1 N–H and O–H groups in total. The molecule has 27 heavy (non-hydrogen) atoms. The van der Waals surface area contributed by atoms with Crippen LogP contribution in [0.1, 0.15) is 15.9 Å². The highest BCUT2D eigenvalue weighted by atomic mass is 32.2. The maximum atomic E-state index is 12.9. The number of ether oxygens (including phenoxy) is 2. The number of para-hydroxylation sites is 2. The van der Waals surface area contributed by atoms with Gasteiger partial charge in [0.2, 0.25) is 10.0 Å². The summed E-state index contributed by atoms with van der Waals surface area (Å²) < 4.78 is 37.9. The van der Waals surface area contributed by atoms with E-state index in [0.717, 1.165) is 0 Å². The van der Waals surface area contributed by atoms with Crippen molar-refractivity contribution in [2.24, 2.45) is 0 Å². The molecule has 2 aromatic carbocycles. The first-order valence-corrected chi connectivity index (χ1v) is 9.98. The van der Waals surface area contributed by atoms with E-state index in [1.807, 2.05) is 24.3 Å². The lowest BCUT2D eigenvalue weighted by molar-refractivity contribution is 0.0520.